The lowest BCUT2D eigenvalue weighted by Crippen LogP contribution is -2.33. The first-order chi connectivity index (χ1) is 7.59. The number of carbonyl (C=O) groups is 1. The zero-order valence-electron chi connectivity index (χ0n) is 9.80. The van der Waals surface area contributed by atoms with Crippen LogP contribution in [0, 0.1) is 13.8 Å². The van der Waals surface area contributed by atoms with E-state index in [2.05, 4.69) is 5.32 Å². The first kappa shape index (κ1) is 11.5. The van der Waals surface area contributed by atoms with E-state index < -0.39 is 0 Å². The van der Waals surface area contributed by atoms with E-state index in [9.17, 15) is 4.79 Å². The topological polar surface area (TPSA) is 55.1 Å². The number of nitrogens with one attached hydrogen (secondary N) is 1. The van der Waals surface area contributed by atoms with Crippen LogP contribution >= 0.6 is 11.3 Å². The van der Waals surface area contributed by atoms with Gasteiger partial charge >= 0.3 is 0 Å². The highest BCUT2D eigenvalue weighted by molar-refractivity contribution is 7.16. The first-order valence-corrected chi connectivity index (χ1v) is 6.57. The molecule has 0 radical (unpaired) electrons. The second-order valence-corrected chi connectivity index (χ2v) is 5.73. The summed E-state index contributed by atoms with van der Waals surface area (Å²) in [4.78, 5) is 13.2. The smallest absolute Gasteiger partial charge is 0.254 e. The van der Waals surface area contributed by atoms with E-state index in [4.69, 9.17) is 5.73 Å². The Hall–Kier alpha value is -1.03. The van der Waals surface area contributed by atoms with Gasteiger partial charge in [0, 0.05) is 10.9 Å². The zero-order chi connectivity index (χ0) is 11.7. The van der Waals surface area contributed by atoms with Crippen molar-refractivity contribution >= 4 is 22.2 Å². The van der Waals surface area contributed by atoms with Crippen molar-refractivity contribution in [1.29, 1.82) is 0 Å². The van der Waals surface area contributed by atoms with Gasteiger partial charge in [0.05, 0.1) is 10.6 Å². The molecule has 0 aromatic carbocycles. The van der Waals surface area contributed by atoms with E-state index >= 15 is 0 Å². The predicted molar refractivity (Wildman–Crippen MR) is 67.9 cm³/mol. The molecule has 88 valence electrons. The lowest BCUT2D eigenvalue weighted by Gasteiger charge is -2.12. The third-order valence-corrected chi connectivity index (χ3v) is 4.37. The highest BCUT2D eigenvalue weighted by Crippen LogP contribution is 2.30. The van der Waals surface area contributed by atoms with Gasteiger partial charge in [0.2, 0.25) is 0 Å². The third kappa shape index (κ3) is 2.07. The molecule has 4 heteroatoms. The summed E-state index contributed by atoms with van der Waals surface area (Å²) in [5.74, 6) is 0.00579. The minimum atomic E-state index is 0.00579. The molecule has 1 aromatic rings. The van der Waals surface area contributed by atoms with Crippen molar-refractivity contribution < 1.29 is 4.79 Å². The van der Waals surface area contributed by atoms with Crippen molar-refractivity contribution in [2.45, 2.75) is 45.6 Å². The molecule has 1 aliphatic carbocycles. The van der Waals surface area contributed by atoms with Crippen LogP contribution in [0.15, 0.2) is 0 Å². The monoisotopic (exact) mass is 238 g/mol. The van der Waals surface area contributed by atoms with Crippen molar-refractivity contribution in [3.05, 3.63) is 16.0 Å². The van der Waals surface area contributed by atoms with Crippen LogP contribution in [-0.2, 0) is 0 Å². The highest BCUT2D eigenvalue weighted by atomic mass is 32.1. The van der Waals surface area contributed by atoms with Crippen LogP contribution in [0.5, 0.6) is 0 Å². The summed E-state index contributed by atoms with van der Waals surface area (Å²) in [7, 11) is 0. The number of rotatable bonds is 2. The van der Waals surface area contributed by atoms with Crippen LogP contribution in [0.25, 0.3) is 0 Å². The van der Waals surface area contributed by atoms with Crippen LogP contribution < -0.4 is 11.1 Å². The van der Waals surface area contributed by atoms with Crippen molar-refractivity contribution in [3.63, 3.8) is 0 Å². The Bertz CT molecular complexity index is 405. The van der Waals surface area contributed by atoms with Gasteiger partial charge in [0.1, 0.15) is 0 Å². The number of thiophene rings is 1. The maximum Gasteiger partial charge on any atom is 0.254 e. The van der Waals surface area contributed by atoms with Crippen molar-refractivity contribution in [2.75, 3.05) is 5.73 Å². The Morgan fingerprint density at radius 1 is 1.38 bits per heavy atom. The zero-order valence-corrected chi connectivity index (χ0v) is 10.6. The number of anilines is 1. The number of hydrogen-bond donors (Lipinski definition) is 2. The number of carbonyl (C=O) groups excluding carboxylic acids is 1. The molecule has 0 saturated heterocycles. The largest absolute Gasteiger partial charge is 0.390 e. The fraction of sp³-hybridized carbons (Fsp3) is 0.583. The van der Waals surface area contributed by atoms with Crippen LogP contribution in [-0.4, -0.2) is 11.9 Å². The van der Waals surface area contributed by atoms with Gasteiger partial charge in [-0.3, -0.25) is 4.79 Å². The van der Waals surface area contributed by atoms with Crippen molar-refractivity contribution in [3.8, 4) is 0 Å². The number of nitrogens with two attached hydrogens (primary N) is 1. The summed E-state index contributed by atoms with van der Waals surface area (Å²) in [6, 6.07) is 0.353. The van der Waals surface area contributed by atoms with Crippen molar-refractivity contribution in [1.82, 2.24) is 5.32 Å². The molecule has 1 aromatic heterocycles. The minimum Gasteiger partial charge on any atom is -0.390 e. The van der Waals surface area contributed by atoms with Gasteiger partial charge in [-0.2, -0.15) is 0 Å². The van der Waals surface area contributed by atoms with Crippen LogP contribution in [0.1, 0.15) is 46.5 Å². The summed E-state index contributed by atoms with van der Waals surface area (Å²) >= 11 is 1.50. The van der Waals surface area contributed by atoms with Gasteiger partial charge < -0.3 is 11.1 Å². The Kier molecular flexibility index (Phi) is 3.19. The van der Waals surface area contributed by atoms with Gasteiger partial charge in [0.25, 0.3) is 5.91 Å². The highest BCUT2D eigenvalue weighted by Gasteiger charge is 2.22. The number of hydrogen-bond acceptors (Lipinski definition) is 3. The standard InChI is InChI=1S/C12H18N2OS/c1-7-8(2)16-11(13)10(7)12(15)14-9-5-3-4-6-9/h9H,3-6,13H2,1-2H3,(H,14,15). The molecule has 0 spiro atoms. The summed E-state index contributed by atoms with van der Waals surface area (Å²) in [5, 5.41) is 3.72. The minimum absolute atomic E-state index is 0.00579. The molecule has 16 heavy (non-hydrogen) atoms. The van der Waals surface area contributed by atoms with Gasteiger partial charge in [-0.1, -0.05) is 12.8 Å². The molecule has 1 amide bonds. The van der Waals surface area contributed by atoms with Crippen LogP contribution in [0.4, 0.5) is 5.00 Å². The number of nitrogen functional groups attached to an aromatic ring is 1. The molecule has 3 nitrogen and oxygen atoms in total. The lowest BCUT2D eigenvalue weighted by atomic mass is 10.1. The molecule has 1 aliphatic rings. The van der Waals surface area contributed by atoms with Gasteiger partial charge in [-0.05, 0) is 32.3 Å². The summed E-state index contributed by atoms with van der Waals surface area (Å²) in [5.41, 5.74) is 7.59. The Labute approximate surface area is 100 Å². The Balaban J connectivity index is 2.13. The molecule has 2 rings (SSSR count). The molecule has 0 unspecified atom stereocenters. The summed E-state index contributed by atoms with van der Waals surface area (Å²) in [6.07, 6.45) is 4.66. The second-order valence-electron chi connectivity index (χ2n) is 4.48. The average molecular weight is 238 g/mol. The maximum atomic E-state index is 12.1. The van der Waals surface area contributed by atoms with Crippen LogP contribution in [0.2, 0.25) is 0 Å². The van der Waals surface area contributed by atoms with Gasteiger partial charge in [-0.15, -0.1) is 11.3 Å². The van der Waals surface area contributed by atoms with Gasteiger partial charge in [0.15, 0.2) is 0 Å². The van der Waals surface area contributed by atoms with Crippen LogP contribution in [0.3, 0.4) is 0 Å². The molecule has 1 fully saturated rings. The molecule has 3 N–H and O–H groups in total. The summed E-state index contributed by atoms with van der Waals surface area (Å²) in [6.45, 7) is 3.97. The van der Waals surface area contributed by atoms with E-state index in [0.717, 1.165) is 23.3 Å². The Morgan fingerprint density at radius 3 is 2.50 bits per heavy atom. The molecule has 0 aliphatic heterocycles. The van der Waals surface area contributed by atoms with E-state index in [1.165, 1.54) is 24.2 Å². The normalized spacial score (nSPS) is 16.6. The average Bonchev–Trinajstić information content (AvgIpc) is 2.77. The molecule has 0 bridgehead atoms. The quantitative estimate of drug-likeness (QED) is 0.832. The molecule has 1 heterocycles. The van der Waals surface area contributed by atoms with Gasteiger partial charge in [-0.25, -0.2) is 0 Å². The van der Waals surface area contributed by atoms with E-state index in [0.29, 0.717) is 16.6 Å². The van der Waals surface area contributed by atoms with Crippen molar-refractivity contribution in [2.24, 2.45) is 0 Å². The SMILES string of the molecule is Cc1sc(N)c(C(=O)NC2CCCC2)c1C. The summed E-state index contributed by atoms with van der Waals surface area (Å²) < 4.78 is 0. The number of amides is 1. The first-order valence-electron chi connectivity index (χ1n) is 5.76. The second kappa shape index (κ2) is 4.45. The molecular weight excluding hydrogens is 220 g/mol. The number of aryl methyl sites for hydroxylation is 1. The van der Waals surface area contributed by atoms with E-state index in [1.807, 2.05) is 13.8 Å². The lowest BCUT2D eigenvalue weighted by molar-refractivity contribution is 0.0938. The Morgan fingerprint density at radius 2 is 2.00 bits per heavy atom. The fourth-order valence-corrected chi connectivity index (χ4v) is 3.20. The molecule has 0 atom stereocenters. The fourth-order valence-electron chi connectivity index (χ4n) is 2.26. The van der Waals surface area contributed by atoms with E-state index in [-0.39, 0.29) is 5.91 Å². The predicted octanol–water partition coefficient (Wildman–Crippen LogP) is 2.62. The van der Waals surface area contributed by atoms with E-state index in [1.54, 1.807) is 0 Å². The third-order valence-electron chi connectivity index (χ3n) is 3.33. The molecule has 1 saturated carbocycles. The maximum absolute atomic E-state index is 12.1. The molecular formula is C12H18N2OS.